The van der Waals surface area contributed by atoms with Gasteiger partial charge in [-0.3, -0.25) is 4.79 Å². The number of allylic oxidation sites excluding steroid dienone is 1. The first-order chi connectivity index (χ1) is 11.5. The SMILES string of the molecule is C=CC(CC(=O)NCC(O)c1c(F)cccc1F)c1ccccc1. The maximum absolute atomic E-state index is 13.6. The van der Waals surface area contributed by atoms with Crippen LogP contribution < -0.4 is 5.32 Å². The molecule has 2 N–H and O–H groups in total. The largest absolute Gasteiger partial charge is 0.386 e. The first-order valence-corrected chi connectivity index (χ1v) is 7.59. The van der Waals surface area contributed by atoms with Gasteiger partial charge in [0, 0.05) is 18.9 Å². The van der Waals surface area contributed by atoms with Crippen molar-refractivity contribution >= 4 is 5.91 Å². The van der Waals surface area contributed by atoms with Crippen molar-refractivity contribution in [3.8, 4) is 0 Å². The Morgan fingerprint density at radius 3 is 2.33 bits per heavy atom. The van der Waals surface area contributed by atoms with Crippen LogP contribution in [0.5, 0.6) is 0 Å². The fourth-order valence-corrected chi connectivity index (χ4v) is 2.45. The highest BCUT2D eigenvalue weighted by molar-refractivity contribution is 5.77. The molecule has 3 nitrogen and oxygen atoms in total. The van der Waals surface area contributed by atoms with Crippen LogP contribution in [0.1, 0.15) is 29.6 Å². The van der Waals surface area contributed by atoms with Gasteiger partial charge in [0.25, 0.3) is 0 Å². The van der Waals surface area contributed by atoms with E-state index in [0.29, 0.717) is 0 Å². The summed E-state index contributed by atoms with van der Waals surface area (Å²) in [7, 11) is 0. The van der Waals surface area contributed by atoms with Gasteiger partial charge in [0.05, 0.1) is 5.56 Å². The van der Waals surface area contributed by atoms with Crippen molar-refractivity contribution in [1.29, 1.82) is 0 Å². The van der Waals surface area contributed by atoms with Gasteiger partial charge in [0.2, 0.25) is 5.91 Å². The molecule has 0 saturated heterocycles. The third kappa shape index (κ3) is 4.49. The van der Waals surface area contributed by atoms with Crippen molar-refractivity contribution in [2.75, 3.05) is 6.54 Å². The van der Waals surface area contributed by atoms with E-state index in [-0.39, 0.29) is 24.8 Å². The molecule has 2 unspecified atom stereocenters. The Morgan fingerprint density at radius 1 is 1.12 bits per heavy atom. The Kier molecular flexibility index (Phi) is 6.21. The Bertz CT molecular complexity index is 684. The number of hydrogen-bond acceptors (Lipinski definition) is 2. The number of carbonyl (C=O) groups excluding carboxylic acids is 1. The summed E-state index contributed by atoms with van der Waals surface area (Å²) in [4.78, 5) is 12.0. The first-order valence-electron chi connectivity index (χ1n) is 7.59. The Balaban J connectivity index is 1.94. The lowest BCUT2D eigenvalue weighted by Gasteiger charge is -2.16. The second-order valence-electron chi connectivity index (χ2n) is 5.41. The van der Waals surface area contributed by atoms with Gasteiger partial charge < -0.3 is 10.4 Å². The molecule has 0 bridgehead atoms. The predicted octanol–water partition coefficient (Wildman–Crippen LogP) is 3.47. The number of benzene rings is 2. The highest BCUT2D eigenvalue weighted by Crippen LogP contribution is 2.22. The number of aliphatic hydroxyl groups excluding tert-OH is 1. The molecular formula is C19H19F2NO2. The number of amides is 1. The van der Waals surface area contributed by atoms with Crippen molar-refractivity contribution in [3.63, 3.8) is 0 Å². The molecule has 126 valence electrons. The monoisotopic (exact) mass is 331 g/mol. The molecule has 5 heteroatoms. The lowest BCUT2D eigenvalue weighted by Crippen LogP contribution is -2.30. The Hall–Kier alpha value is -2.53. The number of rotatable bonds is 7. The number of halogens is 2. The summed E-state index contributed by atoms with van der Waals surface area (Å²) in [5, 5.41) is 12.4. The molecule has 2 rings (SSSR count). The third-order valence-electron chi connectivity index (χ3n) is 3.74. The summed E-state index contributed by atoms with van der Waals surface area (Å²) in [6, 6.07) is 12.7. The Morgan fingerprint density at radius 2 is 1.75 bits per heavy atom. The maximum Gasteiger partial charge on any atom is 0.221 e. The van der Waals surface area contributed by atoms with Crippen LogP contribution in [0.2, 0.25) is 0 Å². The van der Waals surface area contributed by atoms with Crippen molar-refractivity contribution in [2.45, 2.75) is 18.4 Å². The smallest absolute Gasteiger partial charge is 0.221 e. The minimum Gasteiger partial charge on any atom is -0.386 e. The van der Waals surface area contributed by atoms with Crippen LogP contribution in [0, 0.1) is 11.6 Å². The zero-order chi connectivity index (χ0) is 17.5. The molecule has 2 aromatic carbocycles. The molecule has 1 amide bonds. The van der Waals surface area contributed by atoms with Gasteiger partial charge in [0.15, 0.2) is 0 Å². The maximum atomic E-state index is 13.6. The average Bonchev–Trinajstić information content (AvgIpc) is 2.58. The second kappa shape index (κ2) is 8.36. The standard InChI is InChI=1S/C19H19F2NO2/c1-2-13(14-7-4-3-5-8-14)11-18(24)22-12-17(23)19-15(20)9-6-10-16(19)21/h2-10,13,17,23H,1,11-12H2,(H,22,24). The van der Waals surface area contributed by atoms with Crippen LogP contribution in [0.4, 0.5) is 8.78 Å². The summed E-state index contributed by atoms with van der Waals surface area (Å²) in [6.07, 6.45) is 0.357. The fourth-order valence-electron chi connectivity index (χ4n) is 2.45. The van der Waals surface area contributed by atoms with Crippen molar-refractivity contribution in [3.05, 3.63) is 83.9 Å². The molecule has 0 aliphatic heterocycles. The number of aliphatic hydroxyl groups is 1. The normalized spacial score (nSPS) is 13.1. The second-order valence-corrected chi connectivity index (χ2v) is 5.41. The third-order valence-corrected chi connectivity index (χ3v) is 3.74. The molecule has 24 heavy (non-hydrogen) atoms. The Labute approximate surface area is 139 Å². The molecule has 0 aliphatic rings. The van der Waals surface area contributed by atoms with E-state index in [4.69, 9.17) is 0 Å². The molecule has 2 aromatic rings. The van der Waals surface area contributed by atoms with E-state index >= 15 is 0 Å². The van der Waals surface area contributed by atoms with Gasteiger partial charge in [-0.1, -0.05) is 42.5 Å². The quantitative estimate of drug-likeness (QED) is 0.763. The van der Waals surface area contributed by atoms with E-state index in [9.17, 15) is 18.7 Å². The average molecular weight is 331 g/mol. The summed E-state index contributed by atoms with van der Waals surface area (Å²) in [5.74, 6) is -2.19. The van der Waals surface area contributed by atoms with Gasteiger partial charge in [-0.25, -0.2) is 8.78 Å². The van der Waals surface area contributed by atoms with Gasteiger partial charge in [-0.2, -0.15) is 0 Å². The van der Waals surface area contributed by atoms with E-state index < -0.39 is 23.3 Å². The highest BCUT2D eigenvalue weighted by atomic mass is 19.1. The van der Waals surface area contributed by atoms with Gasteiger partial charge in [-0.15, -0.1) is 6.58 Å². The zero-order valence-electron chi connectivity index (χ0n) is 13.1. The number of hydrogen-bond donors (Lipinski definition) is 2. The predicted molar refractivity (Wildman–Crippen MR) is 88.3 cm³/mol. The molecule has 0 fully saturated rings. The summed E-state index contributed by atoms with van der Waals surface area (Å²) >= 11 is 0. The summed E-state index contributed by atoms with van der Waals surface area (Å²) in [5.41, 5.74) is 0.504. The van der Waals surface area contributed by atoms with E-state index in [0.717, 1.165) is 17.7 Å². The number of carbonyl (C=O) groups is 1. The van der Waals surface area contributed by atoms with Crippen molar-refractivity contribution < 1.29 is 18.7 Å². The molecular weight excluding hydrogens is 312 g/mol. The molecule has 0 radical (unpaired) electrons. The fraction of sp³-hybridized carbons (Fsp3) is 0.211. The summed E-state index contributed by atoms with van der Waals surface area (Å²) in [6.45, 7) is 3.46. The van der Waals surface area contributed by atoms with Crippen LogP contribution in [-0.4, -0.2) is 17.6 Å². The van der Waals surface area contributed by atoms with E-state index in [1.807, 2.05) is 30.3 Å². The topological polar surface area (TPSA) is 49.3 Å². The lowest BCUT2D eigenvalue weighted by atomic mass is 9.95. The highest BCUT2D eigenvalue weighted by Gasteiger charge is 2.19. The van der Waals surface area contributed by atoms with E-state index in [1.54, 1.807) is 6.08 Å². The van der Waals surface area contributed by atoms with Crippen LogP contribution in [0.25, 0.3) is 0 Å². The van der Waals surface area contributed by atoms with Gasteiger partial charge in [0.1, 0.15) is 17.7 Å². The molecule has 0 saturated carbocycles. The zero-order valence-corrected chi connectivity index (χ0v) is 13.1. The van der Waals surface area contributed by atoms with Crippen molar-refractivity contribution in [1.82, 2.24) is 5.32 Å². The number of nitrogens with one attached hydrogen (secondary N) is 1. The molecule has 0 heterocycles. The molecule has 0 aromatic heterocycles. The molecule has 0 aliphatic carbocycles. The van der Waals surface area contributed by atoms with Gasteiger partial charge in [-0.05, 0) is 17.7 Å². The minimum atomic E-state index is -1.45. The van der Waals surface area contributed by atoms with E-state index in [2.05, 4.69) is 11.9 Å². The van der Waals surface area contributed by atoms with Gasteiger partial charge >= 0.3 is 0 Å². The summed E-state index contributed by atoms with van der Waals surface area (Å²) < 4.78 is 27.2. The van der Waals surface area contributed by atoms with Crippen LogP contribution in [0.15, 0.2) is 61.2 Å². The molecule has 2 atom stereocenters. The first kappa shape index (κ1) is 17.8. The van der Waals surface area contributed by atoms with Crippen molar-refractivity contribution in [2.24, 2.45) is 0 Å². The van der Waals surface area contributed by atoms with Crippen LogP contribution >= 0.6 is 0 Å². The van der Waals surface area contributed by atoms with Crippen LogP contribution in [-0.2, 0) is 4.79 Å². The van der Waals surface area contributed by atoms with E-state index in [1.165, 1.54) is 6.07 Å². The van der Waals surface area contributed by atoms with Crippen LogP contribution in [0.3, 0.4) is 0 Å². The molecule has 0 spiro atoms. The minimum absolute atomic E-state index is 0.139. The lowest BCUT2D eigenvalue weighted by molar-refractivity contribution is -0.121.